The summed E-state index contributed by atoms with van der Waals surface area (Å²) >= 11 is 1.45. The second-order valence-corrected chi connectivity index (χ2v) is 8.26. The zero-order valence-corrected chi connectivity index (χ0v) is 17.5. The van der Waals surface area contributed by atoms with Gasteiger partial charge in [0.25, 0.3) is 0 Å². The molecule has 0 aliphatic heterocycles. The maximum atomic E-state index is 11.7. The van der Waals surface area contributed by atoms with Crippen molar-refractivity contribution in [3.63, 3.8) is 0 Å². The number of hydrogen-bond donors (Lipinski definition) is 2. The predicted molar refractivity (Wildman–Crippen MR) is 121 cm³/mol. The van der Waals surface area contributed by atoms with E-state index in [-0.39, 0.29) is 5.78 Å². The number of hydrogen-bond acceptors (Lipinski definition) is 8. The van der Waals surface area contributed by atoms with E-state index < -0.39 is 0 Å². The predicted octanol–water partition coefficient (Wildman–Crippen LogP) is 4.28. The highest BCUT2D eigenvalue weighted by Gasteiger charge is 2.17. The number of H-pyrrole nitrogens is 2. The number of carbonyl (C=O) groups is 1. The molecule has 0 radical (unpaired) electrons. The quantitative estimate of drug-likeness (QED) is 0.393. The highest BCUT2D eigenvalue weighted by atomic mass is 32.1. The molecule has 0 atom stereocenters. The van der Waals surface area contributed by atoms with Crippen molar-refractivity contribution in [3.8, 4) is 33.2 Å². The molecule has 0 saturated heterocycles. The fraction of sp³-hybridized carbons (Fsp3) is 0.0455. The third-order valence-electron chi connectivity index (χ3n) is 5.14. The molecule has 0 fully saturated rings. The fourth-order valence-corrected chi connectivity index (χ4v) is 4.52. The van der Waals surface area contributed by atoms with Crippen molar-refractivity contribution >= 4 is 39.2 Å². The summed E-state index contributed by atoms with van der Waals surface area (Å²) < 4.78 is 0. The van der Waals surface area contributed by atoms with Crippen LogP contribution in [0.2, 0.25) is 0 Å². The number of nitrogens with one attached hydrogen (secondary N) is 2. The first-order chi connectivity index (χ1) is 15.7. The third kappa shape index (κ3) is 2.96. The van der Waals surface area contributed by atoms with Gasteiger partial charge < -0.3 is 4.98 Å². The Balaban J connectivity index is 1.49. The Hall–Kier alpha value is -4.31. The summed E-state index contributed by atoms with van der Waals surface area (Å²) in [5.41, 5.74) is 5.33. The minimum atomic E-state index is 0.0491. The van der Waals surface area contributed by atoms with Crippen LogP contribution in [0.1, 0.15) is 16.6 Å². The molecule has 0 aromatic carbocycles. The van der Waals surface area contributed by atoms with E-state index in [1.807, 2.05) is 24.3 Å². The summed E-state index contributed by atoms with van der Waals surface area (Å²) in [6, 6.07) is 7.64. The van der Waals surface area contributed by atoms with Gasteiger partial charge in [-0.3, -0.25) is 14.9 Å². The highest BCUT2D eigenvalue weighted by molar-refractivity contribution is 7.17. The Kier molecular flexibility index (Phi) is 4.12. The molecular weight excluding hydrogens is 424 g/mol. The first kappa shape index (κ1) is 18.5. The van der Waals surface area contributed by atoms with Gasteiger partial charge in [0, 0.05) is 40.0 Å². The number of imidazole rings is 1. The van der Waals surface area contributed by atoms with E-state index in [2.05, 4.69) is 40.1 Å². The maximum Gasteiger partial charge on any atom is 0.178 e. The molecule has 6 heterocycles. The van der Waals surface area contributed by atoms with Crippen LogP contribution in [0, 0.1) is 0 Å². The number of fused-ring (bicyclic) bond motifs is 2. The van der Waals surface area contributed by atoms with Gasteiger partial charge in [0.05, 0.1) is 27.8 Å². The summed E-state index contributed by atoms with van der Waals surface area (Å²) in [5.74, 6) is 0.643. The largest absolute Gasteiger partial charge is 0.335 e. The zero-order chi connectivity index (χ0) is 21.7. The molecule has 0 unspecified atom stereocenters. The van der Waals surface area contributed by atoms with E-state index >= 15 is 0 Å². The van der Waals surface area contributed by atoms with Crippen molar-refractivity contribution in [2.24, 2.45) is 0 Å². The lowest BCUT2D eigenvalue weighted by Gasteiger charge is -2.00. The van der Waals surface area contributed by atoms with Crippen LogP contribution in [0.5, 0.6) is 0 Å². The van der Waals surface area contributed by atoms with Crippen LogP contribution in [0.15, 0.2) is 55.4 Å². The highest BCUT2D eigenvalue weighted by Crippen LogP contribution is 2.34. The molecule has 6 aromatic heterocycles. The van der Waals surface area contributed by atoms with Gasteiger partial charge in [0.2, 0.25) is 0 Å². The number of carbonyl (C=O) groups excluding carboxylic acids is 1. The second kappa shape index (κ2) is 7.13. The number of aromatic nitrogens is 8. The summed E-state index contributed by atoms with van der Waals surface area (Å²) in [4.78, 5) is 38.5. The number of rotatable bonds is 4. The minimum absolute atomic E-state index is 0.0491. The number of thiophene rings is 1. The average Bonchev–Trinajstić information content (AvgIpc) is 3.56. The van der Waals surface area contributed by atoms with Crippen molar-refractivity contribution in [1.82, 2.24) is 40.1 Å². The van der Waals surface area contributed by atoms with Crippen LogP contribution in [-0.2, 0) is 0 Å². The second-order valence-electron chi connectivity index (χ2n) is 7.18. The van der Waals surface area contributed by atoms with E-state index in [0.717, 1.165) is 38.1 Å². The van der Waals surface area contributed by atoms with Gasteiger partial charge in [0.1, 0.15) is 12.0 Å². The Morgan fingerprint density at radius 3 is 2.75 bits per heavy atom. The van der Waals surface area contributed by atoms with Crippen molar-refractivity contribution in [3.05, 3.63) is 60.3 Å². The monoisotopic (exact) mass is 438 g/mol. The molecule has 154 valence electrons. The number of nitrogens with zero attached hydrogens (tertiary/aromatic N) is 6. The lowest BCUT2D eigenvalue weighted by Crippen LogP contribution is -1.87. The molecule has 0 bridgehead atoms. The molecule has 0 saturated carbocycles. The molecule has 9 nitrogen and oxygen atoms in total. The normalized spacial score (nSPS) is 11.4. The van der Waals surface area contributed by atoms with Crippen molar-refractivity contribution in [2.75, 3.05) is 0 Å². The molecule has 10 heteroatoms. The van der Waals surface area contributed by atoms with E-state index in [1.54, 1.807) is 31.7 Å². The number of ketones is 1. The number of Topliss-reactive ketones (excluding diaryl/α,β-unsaturated/α-hetero) is 1. The smallest absolute Gasteiger partial charge is 0.178 e. The van der Waals surface area contributed by atoms with Crippen LogP contribution in [0.25, 0.3) is 55.3 Å². The fourth-order valence-electron chi connectivity index (χ4n) is 3.59. The minimum Gasteiger partial charge on any atom is -0.335 e. The van der Waals surface area contributed by atoms with Crippen LogP contribution < -0.4 is 0 Å². The standard InChI is InChI=1S/C22H14N8OS/c1-11(31)17-2-3-18(32-17)13-4-5-25-21-19(13)27-22(28-21)20-14-6-15(12-7-23-10-24-8-12)26-9-16(14)29-30-20/h2-10H,1H3,(H,29,30)(H,25,27,28). The van der Waals surface area contributed by atoms with Gasteiger partial charge in [-0.05, 0) is 31.2 Å². The van der Waals surface area contributed by atoms with E-state index in [4.69, 9.17) is 0 Å². The molecule has 0 aliphatic carbocycles. The van der Waals surface area contributed by atoms with Crippen molar-refractivity contribution in [2.45, 2.75) is 6.92 Å². The van der Waals surface area contributed by atoms with Gasteiger partial charge in [0.15, 0.2) is 17.3 Å². The van der Waals surface area contributed by atoms with Crippen molar-refractivity contribution in [1.29, 1.82) is 0 Å². The zero-order valence-electron chi connectivity index (χ0n) is 16.7. The maximum absolute atomic E-state index is 11.7. The van der Waals surface area contributed by atoms with E-state index in [1.165, 1.54) is 17.7 Å². The van der Waals surface area contributed by atoms with Gasteiger partial charge in [-0.15, -0.1) is 11.3 Å². The summed E-state index contributed by atoms with van der Waals surface area (Å²) in [6.07, 6.45) is 8.37. The first-order valence-corrected chi connectivity index (χ1v) is 10.5. The molecule has 6 aromatic rings. The topological polar surface area (TPSA) is 126 Å². The van der Waals surface area contributed by atoms with Crippen LogP contribution in [0.3, 0.4) is 0 Å². The molecular formula is C22H14N8OS. The summed E-state index contributed by atoms with van der Waals surface area (Å²) in [7, 11) is 0. The molecule has 6 rings (SSSR count). The van der Waals surface area contributed by atoms with Gasteiger partial charge in [-0.25, -0.2) is 19.9 Å². The van der Waals surface area contributed by atoms with Gasteiger partial charge in [-0.2, -0.15) is 5.10 Å². The van der Waals surface area contributed by atoms with Crippen molar-refractivity contribution < 1.29 is 4.79 Å². The number of aromatic amines is 2. The Labute approximate surface area is 184 Å². The number of pyridine rings is 2. The summed E-state index contributed by atoms with van der Waals surface area (Å²) in [6.45, 7) is 1.57. The van der Waals surface area contributed by atoms with Crippen LogP contribution in [-0.4, -0.2) is 45.9 Å². The molecule has 0 amide bonds. The Bertz CT molecular complexity index is 1620. The van der Waals surface area contributed by atoms with E-state index in [9.17, 15) is 4.79 Å². The lowest BCUT2D eigenvalue weighted by molar-refractivity contribution is 0.102. The average molecular weight is 438 g/mol. The van der Waals surface area contributed by atoms with E-state index in [0.29, 0.717) is 22.0 Å². The lowest BCUT2D eigenvalue weighted by atomic mass is 10.1. The van der Waals surface area contributed by atoms with Gasteiger partial charge >= 0.3 is 0 Å². The Morgan fingerprint density at radius 1 is 1.06 bits per heavy atom. The molecule has 0 spiro atoms. The van der Waals surface area contributed by atoms with Crippen LogP contribution >= 0.6 is 11.3 Å². The SMILES string of the molecule is CC(=O)c1ccc(-c2ccnc3nc(-c4n[nH]c5cnc(-c6cncnc6)cc45)[nH]c23)s1. The first-order valence-electron chi connectivity index (χ1n) is 9.73. The molecule has 32 heavy (non-hydrogen) atoms. The molecule has 2 N–H and O–H groups in total. The third-order valence-corrected chi connectivity index (χ3v) is 6.36. The molecule has 0 aliphatic rings. The summed E-state index contributed by atoms with van der Waals surface area (Å²) in [5, 5.41) is 8.35. The van der Waals surface area contributed by atoms with Crippen LogP contribution in [0.4, 0.5) is 0 Å². The Morgan fingerprint density at radius 2 is 1.94 bits per heavy atom. The van der Waals surface area contributed by atoms with Gasteiger partial charge in [-0.1, -0.05) is 0 Å².